The van der Waals surface area contributed by atoms with Crippen LogP contribution in [0.4, 0.5) is 5.82 Å². The fourth-order valence-electron chi connectivity index (χ4n) is 3.18. The topological polar surface area (TPSA) is 143 Å². The van der Waals surface area contributed by atoms with Crippen LogP contribution in [0.2, 0.25) is 0 Å². The molecule has 0 atom stereocenters. The van der Waals surface area contributed by atoms with Crippen LogP contribution in [0.1, 0.15) is 6.92 Å². The Kier molecular flexibility index (Phi) is 5.96. The molecule has 0 saturated heterocycles. The minimum absolute atomic E-state index is 0.0237. The Morgan fingerprint density at radius 2 is 1.88 bits per heavy atom. The predicted octanol–water partition coefficient (Wildman–Crippen LogP) is 2.06. The second-order valence-electron chi connectivity index (χ2n) is 6.71. The van der Waals surface area contributed by atoms with E-state index in [2.05, 4.69) is 29.6 Å². The van der Waals surface area contributed by atoms with Gasteiger partial charge in [-0.15, -0.1) is 0 Å². The molecular weight excluding hydrogens is 450 g/mol. The molecular formula is C20H21N7O5S. The summed E-state index contributed by atoms with van der Waals surface area (Å²) in [7, 11) is -0.599. The van der Waals surface area contributed by atoms with Gasteiger partial charge in [0.25, 0.3) is 0 Å². The Bertz CT molecular complexity index is 1400. The molecule has 0 bridgehead atoms. The lowest BCUT2D eigenvalue weighted by Gasteiger charge is -2.15. The van der Waals surface area contributed by atoms with Crippen LogP contribution in [0.15, 0.2) is 36.7 Å². The van der Waals surface area contributed by atoms with Gasteiger partial charge in [-0.05, 0) is 13.0 Å². The van der Waals surface area contributed by atoms with E-state index in [4.69, 9.17) is 14.2 Å². The first-order chi connectivity index (χ1) is 15.8. The number of fused-ring (bicyclic) bond motifs is 1. The molecule has 0 radical (unpaired) electrons. The Labute approximate surface area is 189 Å². The summed E-state index contributed by atoms with van der Waals surface area (Å²) in [5, 5.41) is 0. The zero-order valence-corrected chi connectivity index (χ0v) is 19.1. The van der Waals surface area contributed by atoms with Crippen LogP contribution in [-0.2, 0) is 10.0 Å². The molecule has 4 rings (SSSR count). The monoisotopic (exact) mass is 471 g/mol. The molecule has 0 saturated carbocycles. The van der Waals surface area contributed by atoms with Crippen LogP contribution in [-0.4, -0.2) is 65.0 Å². The minimum atomic E-state index is -3.58. The Morgan fingerprint density at radius 1 is 1.06 bits per heavy atom. The largest absolute Gasteiger partial charge is 0.494 e. The number of pyridine rings is 2. The molecule has 1 N–H and O–H groups in total. The molecule has 12 nitrogen and oxygen atoms in total. The maximum absolute atomic E-state index is 11.7. The van der Waals surface area contributed by atoms with Crippen molar-refractivity contribution in [1.82, 2.24) is 29.5 Å². The highest BCUT2D eigenvalue weighted by Gasteiger charge is 2.25. The molecule has 172 valence electrons. The molecule has 0 aromatic carbocycles. The summed E-state index contributed by atoms with van der Waals surface area (Å²) in [5.74, 6) is 1.45. The highest BCUT2D eigenvalue weighted by atomic mass is 32.2. The molecule has 4 aromatic heterocycles. The van der Waals surface area contributed by atoms with Crippen molar-refractivity contribution < 1.29 is 22.6 Å². The van der Waals surface area contributed by atoms with Gasteiger partial charge < -0.3 is 14.2 Å². The molecule has 0 spiro atoms. The summed E-state index contributed by atoms with van der Waals surface area (Å²) in [5.41, 5.74) is 1.35. The fraction of sp³-hybridized carbons (Fsp3) is 0.250. The lowest BCUT2D eigenvalue weighted by molar-refractivity contribution is 0.327. The summed E-state index contributed by atoms with van der Waals surface area (Å²) in [6.45, 7) is 2.31. The van der Waals surface area contributed by atoms with Gasteiger partial charge in [-0.25, -0.2) is 33.3 Å². The van der Waals surface area contributed by atoms with Crippen molar-refractivity contribution in [3.63, 3.8) is 0 Å². The number of nitrogens with zero attached hydrogens (tertiary/aromatic N) is 6. The highest BCUT2D eigenvalue weighted by Crippen LogP contribution is 2.36. The molecule has 0 unspecified atom stereocenters. The molecule has 33 heavy (non-hydrogen) atoms. The van der Waals surface area contributed by atoms with Crippen LogP contribution >= 0.6 is 0 Å². The van der Waals surface area contributed by atoms with E-state index >= 15 is 0 Å². The standard InChI is InChI=1S/C20H21N7O5S/c1-5-32-15-8-6-7-12(23-15)18-25-17-19(24-14(11-22-17)26-33(4,28)29)27(18)16-13(30-2)9-10-21-20(16)31-3/h6-11H,5H2,1-4H3,(H,24,26). The third kappa shape index (κ3) is 4.48. The van der Waals surface area contributed by atoms with Crippen molar-refractivity contribution in [3.8, 4) is 34.7 Å². The minimum Gasteiger partial charge on any atom is -0.494 e. The normalized spacial score (nSPS) is 11.4. The van der Waals surface area contributed by atoms with E-state index in [0.29, 0.717) is 35.4 Å². The highest BCUT2D eigenvalue weighted by molar-refractivity contribution is 7.92. The van der Waals surface area contributed by atoms with Crippen molar-refractivity contribution >= 4 is 27.1 Å². The molecule has 0 aliphatic heterocycles. The van der Waals surface area contributed by atoms with Crippen molar-refractivity contribution in [2.75, 3.05) is 31.8 Å². The summed E-state index contributed by atoms with van der Waals surface area (Å²) in [4.78, 5) is 22.1. The maximum atomic E-state index is 11.7. The van der Waals surface area contributed by atoms with Gasteiger partial charge >= 0.3 is 0 Å². The van der Waals surface area contributed by atoms with Gasteiger partial charge in [0.15, 0.2) is 28.6 Å². The zero-order chi connectivity index (χ0) is 23.6. The second-order valence-corrected chi connectivity index (χ2v) is 8.46. The van der Waals surface area contributed by atoms with Crippen molar-refractivity contribution in [1.29, 1.82) is 0 Å². The van der Waals surface area contributed by atoms with Crippen LogP contribution in [0, 0.1) is 0 Å². The molecule has 0 aliphatic rings. The van der Waals surface area contributed by atoms with Gasteiger partial charge in [0.2, 0.25) is 21.8 Å². The molecule has 4 heterocycles. The number of nitrogens with one attached hydrogen (secondary N) is 1. The third-order valence-corrected chi connectivity index (χ3v) is 4.98. The van der Waals surface area contributed by atoms with E-state index in [1.807, 2.05) is 6.92 Å². The number of hydrogen-bond acceptors (Lipinski definition) is 10. The third-order valence-electron chi connectivity index (χ3n) is 4.40. The van der Waals surface area contributed by atoms with Crippen molar-refractivity contribution in [2.24, 2.45) is 0 Å². The van der Waals surface area contributed by atoms with E-state index < -0.39 is 10.0 Å². The fourth-order valence-corrected chi connectivity index (χ4v) is 3.66. The molecule has 0 fully saturated rings. The zero-order valence-electron chi connectivity index (χ0n) is 18.3. The van der Waals surface area contributed by atoms with Gasteiger partial charge in [-0.1, -0.05) is 6.07 Å². The number of ether oxygens (including phenoxy) is 3. The van der Waals surface area contributed by atoms with E-state index in [1.165, 1.54) is 26.6 Å². The first-order valence-electron chi connectivity index (χ1n) is 9.75. The van der Waals surface area contributed by atoms with Crippen LogP contribution in [0.25, 0.3) is 28.5 Å². The summed E-state index contributed by atoms with van der Waals surface area (Å²) < 4.78 is 44.0. The molecule has 4 aromatic rings. The van der Waals surface area contributed by atoms with Crippen LogP contribution < -0.4 is 18.9 Å². The van der Waals surface area contributed by atoms with Crippen LogP contribution in [0.5, 0.6) is 17.5 Å². The number of anilines is 1. The average molecular weight is 471 g/mol. The van der Waals surface area contributed by atoms with Gasteiger partial charge in [-0.2, -0.15) is 0 Å². The average Bonchev–Trinajstić information content (AvgIpc) is 3.16. The summed E-state index contributed by atoms with van der Waals surface area (Å²) in [6.07, 6.45) is 3.85. The van der Waals surface area contributed by atoms with Crippen molar-refractivity contribution in [2.45, 2.75) is 6.92 Å². The second kappa shape index (κ2) is 8.86. The number of aromatic nitrogens is 6. The molecule has 13 heteroatoms. The van der Waals surface area contributed by atoms with Gasteiger partial charge in [0.05, 0.1) is 33.3 Å². The van der Waals surface area contributed by atoms with E-state index in [9.17, 15) is 8.42 Å². The SMILES string of the molecule is CCOc1cccc(-c2nc3ncc(NS(C)(=O)=O)nc3n2-c2c(OC)ccnc2OC)n1. The van der Waals surface area contributed by atoms with E-state index in [1.54, 1.807) is 28.8 Å². The molecule has 0 aliphatic carbocycles. The Hall–Kier alpha value is -4.00. The van der Waals surface area contributed by atoms with E-state index in [0.717, 1.165) is 6.26 Å². The lowest BCUT2D eigenvalue weighted by Crippen LogP contribution is -2.12. The van der Waals surface area contributed by atoms with Gasteiger partial charge in [-0.3, -0.25) is 9.29 Å². The van der Waals surface area contributed by atoms with E-state index in [-0.39, 0.29) is 23.0 Å². The van der Waals surface area contributed by atoms with Crippen LogP contribution in [0.3, 0.4) is 0 Å². The summed E-state index contributed by atoms with van der Waals surface area (Å²) in [6, 6.07) is 6.93. The number of hydrogen-bond donors (Lipinski definition) is 1. The van der Waals surface area contributed by atoms with Crippen molar-refractivity contribution in [3.05, 3.63) is 36.7 Å². The van der Waals surface area contributed by atoms with Gasteiger partial charge in [0.1, 0.15) is 11.4 Å². The Balaban J connectivity index is 2.06. The number of methoxy groups -OCH3 is 2. The number of rotatable bonds is 8. The maximum Gasteiger partial charge on any atom is 0.242 e. The number of sulfonamides is 1. The predicted molar refractivity (Wildman–Crippen MR) is 120 cm³/mol. The first-order valence-corrected chi connectivity index (χ1v) is 11.6. The number of imidazole rings is 1. The smallest absolute Gasteiger partial charge is 0.242 e. The lowest BCUT2D eigenvalue weighted by atomic mass is 10.3. The summed E-state index contributed by atoms with van der Waals surface area (Å²) >= 11 is 0. The first kappa shape index (κ1) is 22.2. The molecule has 0 amide bonds. The quantitative estimate of drug-likeness (QED) is 0.405. The van der Waals surface area contributed by atoms with Gasteiger partial charge in [0, 0.05) is 18.3 Å². The Morgan fingerprint density at radius 3 is 2.58 bits per heavy atom.